The Morgan fingerprint density at radius 1 is 0.793 bits per heavy atom. The van der Waals surface area contributed by atoms with Crippen LogP contribution in [0.15, 0.2) is 42.5 Å². The van der Waals surface area contributed by atoms with Crippen molar-refractivity contribution in [2.24, 2.45) is 0 Å². The third kappa shape index (κ3) is 8.73. The summed E-state index contributed by atoms with van der Waals surface area (Å²) in [6.07, 6.45) is 9.03. The maximum absolute atomic E-state index is 10.5. The summed E-state index contributed by atoms with van der Waals surface area (Å²) in [7, 11) is 3.30. The zero-order chi connectivity index (χ0) is 20.9. The lowest BCUT2D eigenvalue weighted by molar-refractivity contribution is -0.137. The molecular weight excluding hydrogens is 368 g/mol. The molecule has 0 aliphatic rings. The summed E-state index contributed by atoms with van der Waals surface area (Å²) in [4.78, 5) is 10.5. The third-order valence-corrected chi connectivity index (χ3v) is 4.53. The Hall–Kier alpha value is -2.95. The van der Waals surface area contributed by atoms with Crippen molar-refractivity contribution in [1.29, 1.82) is 0 Å². The second kappa shape index (κ2) is 12.5. The molecule has 0 bridgehead atoms. The lowest BCUT2D eigenvalue weighted by Crippen LogP contribution is -1.98. The fraction of sp³-hybridized carbons (Fsp3) is 0.375. The van der Waals surface area contributed by atoms with Crippen molar-refractivity contribution < 1.29 is 24.1 Å². The highest BCUT2D eigenvalue weighted by Gasteiger charge is 2.02. The van der Waals surface area contributed by atoms with Gasteiger partial charge in [-0.25, -0.2) is 0 Å². The molecule has 0 aliphatic heterocycles. The predicted octanol–water partition coefficient (Wildman–Crippen LogP) is 5.68. The van der Waals surface area contributed by atoms with E-state index in [-0.39, 0.29) is 6.42 Å². The van der Waals surface area contributed by atoms with Gasteiger partial charge in [0.2, 0.25) is 0 Å². The molecule has 0 saturated heterocycles. The Morgan fingerprint density at radius 2 is 1.41 bits per heavy atom. The monoisotopic (exact) mass is 398 g/mol. The summed E-state index contributed by atoms with van der Waals surface area (Å²) < 4.78 is 16.5. The van der Waals surface area contributed by atoms with Crippen molar-refractivity contribution in [2.75, 3.05) is 20.8 Å². The molecule has 5 heteroatoms. The minimum Gasteiger partial charge on any atom is -0.497 e. The number of ether oxygens (including phenoxy) is 3. The Morgan fingerprint density at radius 3 is 2.10 bits per heavy atom. The minimum absolute atomic E-state index is 0.257. The number of hydrogen-bond acceptors (Lipinski definition) is 4. The summed E-state index contributed by atoms with van der Waals surface area (Å²) >= 11 is 0. The fourth-order valence-electron chi connectivity index (χ4n) is 2.90. The number of unbranched alkanes of at least 4 members (excludes halogenated alkanes) is 4. The van der Waals surface area contributed by atoms with E-state index in [1.165, 1.54) is 0 Å². The van der Waals surface area contributed by atoms with Gasteiger partial charge in [0, 0.05) is 12.5 Å². The Balaban J connectivity index is 1.84. The summed E-state index contributed by atoms with van der Waals surface area (Å²) in [6.45, 7) is 0.633. The number of carboxylic acid groups (broad SMARTS) is 1. The maximum Gasteiger partial charge on any atom is 0.303 e. The molecule has 5 nitrogen and oxygen atoms in total. The number of carboxylic acids is 1. The Kier molecular flexibility index (Phi) is 9.63. The standard InChI is InChI=1S/C24H30O5/c1-27-21-13-11-19(12-14-21)9-10-20-16-22(28-2)18-23(17-20)29-15-7-5-3-4-6-8-24(25)26/h9-14,16-18H,3-8,15H2,1-2H3,(H,25,26)/b10-9+. The molecule has 0 aromatic heterocycles. The van der Waals surface area contributed by atoms with Crippen LogP contribution in [0, 0.1) is 0 Å². The lowest BCUT2D eigenvalue weighted by Gasteiger charge is -2.09. The Labute approximate surface area is 172 Å². The van der Waals surface area contributed by atoms with Crippen molar-refractivity contribution in [3.63, 3.8) is 0 Å². The number of benzene rings is 2. The van der Waals surface area contributed by atoms with Gasteiger partial charge >= 0.3 is 5.97 Å². The van der Waals surface area contributed by atoms with E-state index in [0.29, 0.717) is 6.61 Å². The van der Waals surface area contributed by atoms with Crippen LogP contribution in [0.1, 0.15) is 49.7 Å². The van der Waals surface area contributed by atoms with Crippen molar-refractivity contribution in [2.45, 2.75) is 38.5 Å². The number of methoxy groups -OCH3 is 2. The van der Waals surface area contributed by atoms with E-state index in [9.17, 15) is 4.79 Å². The second-order valence-electron chi connectivity index (χ2n) is 6.81. The summed E-state index contributed by atoms with van der Waals surface area (Å²) in [5.41, 5.74) is 2.09. The molecule has 29 heavy (non-hydrogen) atoms. The van der Waals surface area contributed by atoms with Gasteiger partial charge in [0.1, 0.15) is 17.2 Å². The molecule has 0 unspecified atom stereocenters. The van der Waals surface area contributed by atoms with E-state index in [4.69, 9.17) is 19.3 Å². The predicted molar refractivity (Wildman–Crippen MR) is 116 cm³/mol. The number of carbonyl (C=O) groups is 1. The number of hydrogen-bond donors (Lipinski definition) is 1. The first-order valence-electron chi connectivity index (χ1n) is 9.96. The van der Waals surface area contributed by atoms with Crippen LogP contribution in [-0.2, 0) is 4.79 Å². The van der Waals surface area contributed by atoms with Gasteiger partial charge in [-0.05, 0) is 48.2 Å². The quantitative estimate of drug-likeness (QED) is 0.347. The maximum atomic E-state index is 10.5. The molecule has 0 radical (unpaired) electrons. The van der Waals surface area contributed by atoms with Crippen LogP contribution in [0.3, 0.4) is 0 Å². The molecule has 0 atom stereocenters. The molecule has 2 rings (SSSR count). The van der Waals surface area contributed by atoms with E-state index in [2.05, 4.69) is 0 Å². The highest BCUT2D eigenvalue weighted by molar-refractivity contribution is 5.71. The zero-order valence-electron chi connectivity index (χ0n) is 17.2. The van der Waals surface area contributed by atoms with Gasteiger partial charge in [-0.3, -0.25) is 4.79 Å². The van der Waals surface area contributed by atoms with Gasteiger partial charge in [-0.1, -0.05) is 43.5 Å². The zero-order valence-corrected chi connectivity index (χ0v) is 17.2. The topological polar surface area (TPSA) is 65.0 Å². The molecule has 0 spiro atoms. The molecule has 2 aromatic rings. The van der Waals surface area contributed by atoms with E-state index in [1.807, 2.05) is 54.6 Å². The molecule has 0 saturated carbocycles. The van der Waals surface area contributed by atoms with Crippen LogP contribution in [0.25, 0.3) is 12.2 Å². The summed E-state index contributed by atoms with van der Waals surface area (Å²) in [5.74, 6) is 1.65. The summed E-state index contributed by atoms with van der Waals surface area (Å²) in [6, 6.07) is 13.7. The van der Waals surface area contributed by atoms with E-state index in [0.717, 1.165) is 60.5 Å². The normalized spacial score (nSPS) is 10.8. The van der Waals surface area contributed by atoms with Crippen molar-refractivity contribution in [3.8, 4) is 17.2 Å². The van der Waals surface area contributed by atoms with Crippen LogP contribution < -0.4 is 14.2 Å². The largest absolute Gasteiger partial charge is 0.497 e. The average molecular weight is 398 g/mol. The van der Waals surface area contributed by atoms with Gasteiger partial charge in [-0.2, -0.15) is 0 Å². The second-order valence-corrected chi connectivity index (χ2v) is 6.81. The van der Waals surface area contributed by atoms with Crippen molar-refractivity contribution in [3.05, 3.63) is 53.6 Å². The summed E-state index contributed by atoms with van der Waals surface area (Å²) in [5, 5.41) is 8.63. The van der Waals surface area contributed by atoms with Gasteiger partial charge in [0.25, 0.3) is 0 Å². The molecule has 0 aliphatic carbocycles. The van der Waals surface area contributed by atoms with Crippen molar-refractivity contribution >= 4 is 18.1 Å². The Bertz CT molecular complexity index is 780. The van der Waals surface area contributed by atoms with Gasteiger partial charge in [-0.15, -0.1) is 0 Å². The average Bonchev–Trinajstić information content (AvgIpc) is 2.74. The number of aliphatic carboxylic acids is 1. The first-order chi connectivity index (χ1) is 14.1. The van der Waals surface area contributed by atoms with E-state index >= 15 is 0 Å². The lowest BCUT2D eigenvalue weighted by atomic mass is 10.1. The highest BCUT2D eigenvalue weighted by Crippen LogP contribution is 2.25. The van der Waals surface area contributed by atoms with Gasteiger partial charge in [0.15, 0.2) is 0 Å². The van der Waals surface area contributed by atoms with Crippen LogP contribution >= 0.6 is 0 Å². The van der Waals surface area contributed by atoms with Crippen LogP contribution in [0.4, 0.5) is 0 Å². The van der Waals surface area contributed by atoms with Gasteiger partial charge < -0.3 is 19.3 Å². The fourth-order valence-corrected chi connectivity index (χ4v) is 2.90. The van der Waals surface area contributed by atoms with Crippen molar-refractivity contribution in [1.82, 2.24) is 0 Å². The molecule has 0 heterocycles. The minimum atomic E-state index is -0.719. The van der Waals surface area contributed by atoms with Gasteiger partial charge in [0.05, 0.1) is 20.8 Å². The van der Waals surface area contributed by atoms with Crippen LogP contribution in [0.2, 0.25) is 0 Å². The first kappa shape index (κ1) is 22.3. The smallest absolute Gasteiger partial charge is 0.303 e. The molecular formula is C24H30O5. The van der Waals surface area contributed by atoms with Crippen LogP contribution in [0.5, 0.6) is 17.2 Å². The molecule has 0 fully saturated rings. The first-order valence-corrected chi connectivity index (χ1v) is 9.96. The molecule has 1 N–H and O–H groups in total. The van der Waals surface area contributed by atoms with E-state index in [1.54, 1.807) is 14.2 Å². The molecule has 2 aromatic carbocycles. The number of rotatable bonds is 13. The molecule has 156 valence electrons. The van der Waals surface area contributed by atoms with E-state index < -0.39 is 5.97 Å². The third-order valence-electron chi connectivity index (χ3n) is 4.53. The van der Waals surface area contributed by atoms with Crippen LogP contribution in [-0.4, -0.2) is 31.9 Å². The highest BCUT2D eigenvalue weighted by atomic mass is 16.5. The SMILES string of the molecule is COc1ccc(/C=C/c2cc(OC)cc(OCCCCCCCC(=O)O)c2)cc1. The molecule has 0 amide bonds.